The summed E-state index contributed by atoms with van der Waals surface area (Å²) >= 11 is 0. The van der Waals surface area contributed by atoms with Crippen LogP contribution in [0.25, 0.3) is 0 Å². The van der Waals surface area contributed by atoms with Gasteiger partial charge in [0.2, 0.25) is 0 Å². The predicted molar refractivity (Wildman–Crippen MR) is 90.5 cm³/mol. The molecule has 2 aliphatic heterocycles. The van der Waals surface area contributed by atoms with Crippen molar-refractivity contribution in [3.8, 4) is 0 Å². The van der Waals surface area contributed by atoms with Crippen molar-refractivity contribution in [2.75, 3.05) is 43.1 Å². The Morgan fingerprint density at radius 1 is 1.09 bits per heavy atom. The molecule has 0 aromatic heterocycles. The molecule has 0 aliphatic carbocycles. The van der Waals surface area contributed by atoms with Gasteiger partial charge in [-0.1, -0.05) is 12.5 Å². The first kappa shape index (κ1) is 15.2. The molecule has 2 aliphatic rings. The number of hydrogen-bond acceptors (Lipinski definition) is 4. The fourth-order valence-corrected chi connectivity index (χ4v) is 3.41. The Bertz CT molecular complexity index is 517. The summed E-state index contributed by atoms with van der Waals surface area (Å²) in [6.07, 6.45) is 6.07. The monoisotopic (exact) mass is 302 g/mol. The molecule has 1 aromatic carbocycles. The number of carbonyl (C=O) groups excluding carboxylic acids is 1. The van der Waals surface area contributed by atoms with Crippen LogP contribution in [-0.4, -0.2) is 39.1 Å². The van der Waals surface area contributed by atoms with Crippen LogP contribution in [0.4, 0.5) is 11.4 Å². The third-order valence-electron chi connectivity index (χ3n) is 4.56. The lowest BCUT2D eigenvalue weighted by molar-refractivity contribution is 0.0963. The second kappa shape index (κ2) is 7.01. The molecule has 0 bridgehead atoms. The number of nitrogens with zero attached hydrogens (tertiary/aromatic N) is 2. The van der Waals surface area contributed by atoms with E-state index in [2.05, 4.69) is 26.7 Å². The smallest absolute Gasteiger partial charge is 0.253 e. The summed E-state index contributed by atoms with van der Waals surface area (Å²) in [5, 5.41) is 5.03. The molecule has 120 valence electrons. The van der Waals surface area contributed by atoms with Crippen LogP contribution < -0.4 is 20.7 Å². The van der Waals surface area contributed by atoms with Gasteiger partial charge in [-0.05, 0) is 37.8 Å². The first-order valence-electron chi connectivity index (χ1n) is 8.42. The molecule has 2 fully saturated rings. The third-order valence-corrected chi connectivity index (χ3v) is 4.56. The Hall–Kier alpha value is -1.75. The number of anilines is 2. The second-order valence-electron chi connectivity index (χ2n) is 6.07. The maximum atomic E-state index is 12.3. The first-order valence-corrected chi connectivity index (χ1v) is 8.42. The van der Waals surface area contributed by atoms with Gasteiger partial charge in [0.25, 0.3) is 5.91 Å². The molecule has 1 aromatic rings. The van der Waals surface area contributed by atoms with E-state index < -0.39 is 0 Å². The highest BCUT2D eigenvalue weighted by Gasteiger charge is 2.25. The summed E-state index contributed by atoms with van der Waals surface area (Å²) in [5.74, 6) is -0.00132. The van der Waals surface area contributed by atoms with E-state index in [1.54, 1.807) is 7.05 Å². The summed E-state index contributed by atoms with van der Waals surface area (Å²) in [6, 6.07) is 6.07. The van der Waals surface area contributed by atoms with Gasteiger partial charge in [-0.2, -0.15) is 0 Å². The number of rotatable bonds is 3. The fourth-order valence-electron chi connectivity index (χ4n) is 3.41. The first-order chi connectivity index (χ1) is 10.8. The van der Waals surface area contributed by atoms with Crippen LogP contribution in [-0.2, 0) is 0 Å². The van der Waals surface area contributed by atoms with E-state index in [0.29, 0.717) is 0 Å². The topological polar surface area (TPSA) is 47.6 Å². The van der Waals surface area contributed by atoms with E-state index in [9.17, 15) is 4.79 Å². The molecule has 2 heterocycles. The molecule has 0 radical (unpaired) electrons. The van der Waals surface area contributed by atoms with Crippen LogP contribution in [0.15, 0.2) is 18.2 Å². The molecule has 2 saturated heterocycles. The predicted octanol–water partition coefficient (Wildman–Crippen LogP) is 2.14. The summed E-state index contributed by atoms with van der Waals surface area (Å²) in [6.45, 7) is 4.07. The van der Waals surface area contributed by atoms with Gasteiger partial charge in [0.1, 0.15) is 0 Å². The van der Waals surface area contributed by atoms with Crippen molar-refractivity contribution in [2.45, 2.75) is 32.1 Å². The van der Waals surface area contributed by atoms with E-state index in [1.165, 1.54) is 32.1 Å². The van der Waals surface area contributed by atoms with Crippen LogP contribution in [0.5, 0.6) is 0 Å². The lowest BCUT2D eigenvalue weighted by Gasteiger charge is -2.31. The van der Waals surface area contributed by atoms with Gasteiger partial charge < -0.3 is 15.2 Å². The molecule has 5 heteroatoms. The highest BCUT2D eigenvalue weighted by molar-refractivity contribution is 6.02. The van der Waals surface area contributed by atoms with Crippen molar-refractivity contribution in [1.82, 2.24) is 10.7 Å². The maximum Gasteiger partial charge on any atom is 0.253 e. The quantitative estimate of drug-likeness (QED) is 0.898. The third kappa shape index (κ3) is 3.04. The van der Waals surface area contributed by atoms with Crippen LogP contribution in [0, 0.1) is 0 Å². The fraction of sp³-hybridized carbons (Fsp3) is 0.588. The number of benzene rings is 1. The zero-order valence-corrected chi connectivity index (χ0v) is 13.4. The molecular formula is C17H26N4O. The highest BCUT2D eigenvalue weighted by atomic mass is 16.1. The van der Waals surface area contributed by atoms with Crippen molar-refractivity contribution < 1.29 is 4.79 Å². The summed E-state index contributed by atoms with van der Waals surface area (Å²) in [7, 11) is 1.70. The number of para-hydroxylation sites is 1. The Labute approximate surface area is 132 Å². The van der Waals surface area contributed by atoms with Crippen LogP contribution in [0.1, 0.15) is 42.5 Å². The maximum absolute atomic E-state index is 12.3. The standard InChI is InChI=1S/C17H26N4O/c1-18-17(22)14-8-7-9-15(16(14)20-11-5-6-12-20)21-13-4-2-3-10-19-21/h7-9,19H,2-6,10-13H2,1H3,(H,18,22). The summed E-state index contributed by atoms with van der Waals surface area (Å²) in [4.78, 5) is 14.7. The number of hydrazine groups is 1. The van der Waals surface area contributed by atoms with Gasteiger partial charge in [-0.15, -0.1) is 0 Å². The molecule has 5 nitrogen and oxygen atoms in total. The van der Waals surface area contributed by atoms with Crippen molar-refractivity contribution in [2.24, 2.45) is 0 Å². The van der Waals surface area contributed by atoms with E-state index in [0.717, 1.165) is 43.1 Å². The van der Waals surface area contributed by atoms with Crippen molar-refractivity contribution >= 4 is 17.3 Å². The Morgan fingerprint density at radius 2 is 1.86 bits per heavy atom. The van der Waals surface area contributed by atoms with Gasteiger partial charge in [0.05, 0.1) is 16.9 Å². The summed E-state index contributed by atoms with van der Waals surface area (Å²) < 4.78 is 0. The van der Waals surface area contributed by atoms with E-state index >= 15 is 0 Å². The molecule has 0 spiro atoms. The Balaban J connectivity index is 2.01. The average Bonchev–Trinajstić information content (AvgIpc) is 2.95. The Kier molecular flexibility index (Phi) is 4.83. The lowest BCUT2D eigenvalue weighted by atomic mass is 10.1. The van der Waals surface area contributed by atoms with Crippen LogP contribution in [0.2, 0.25) is 0 Å². The van der Waals surface area contributed by atoms with Gasteiger partial charge in [-0.25, -0.2) is 5.43 Å². The molecule has 1 amide bonds. The average molecular weight is 302 g/mol. The molecule has 0 atom stereocenters. The zero-order chi connectivity index (χ0) is 15.4. The van der Waals surface area contributed by atoms with E-state index in [-0.39, 0.29) is 5.91 Å². The molecular weight excluding hydrogens is 276 g/mol. The number of nitrogens with one attached hydrogen (secondary N) is 2. The number of carbonyl (C=O) groups is 1. The van der Waals surface area contributed by atoms with Gasteiger partial charge >= 0.3 is 0 Å². The minimum absolute atomic E-state index is 0.00132. The van der Waals surface area contributed by atoms with Crippen molar-refractivity contribution in [3.63, 3.8) is 0 Å². The summed E-state index contributed by atoms with van der Waals surface area (Å²) in [5.41, 5.74) is 6.54. The molecule has 22 heavy (non-hydrogen) atoms. The van der Waals surface area contributed by atoms with E-state index in [4.69, 9.17) is 0 Å². The SMILES string of the molecule is CNC(=O)c1cccc(N2CCCCCN2)c1N1CCCC1. The second-order valence-corrected chi connectivity index (χ2v) is 6.07. The normalized spacial score (nSPS) is 19.1. The lowest BCUT2D eigenvalue weighted by Crippen LogP contribution is -2.39. The molecule has 3 rings (SSSR count). The van der Waals surface area contributed by atoms with Gasteiger partial charge in [0.15, 0.2) is 0 Å². The minimum atomic E-state index is -0.00132. The van der Waals surface area contributed by atoms with Crippen LogP contribution in [0.3, 0.4) is 0 Å². The van der Waals surface area contributed by atoms with Gasteiger partial charge in [-0.3, -0.25) is 4.79 Å². The van der Waals surface area contributed by atoms with Crippen molar-refractivity contribution in [1.29, 1.82) is 0 Å². The largest absolute Gasteiger partial charge is 0.369 e. The van der Waals surface area contributed by atoms with Gasteiger partial charge in [0, 0.05) is 33.2 Å². The molecule has 0 saturated carbocycles. The molecule has 2 N–H and O–H groups in total. The number of hydrogen-bond donors (Lipinski definition) is 2. The van der Waals surface area contributed by atoms with Crippen molar-refractivity contribution in [3.05, 3.63) is 23.8 Å². The minimum Gasteiger partial charge on any atom is -0.369 e. The van der Waals surface area contributed by atoms with E-state index in [1.807, 2.05) is 12.1 Å². The number of amides is 1. The zero-order valence-electron chi connectivity index (χ0n) is 13.4. The Morgan fingerprint density at radius 3 is 2.64 bits per heavy atom. The molecule has 0 unspecified atom stereocenters. The van der Waals surface area contributed by atoms with Crippen LogP contribution >= 0.6 is 0 Å². The highest BCUT2D eigenvalue weighted by Crippen LogP contribution is 2.35.